The molecule has 0 saturated carbocycles. The van der Waals surface area contributed by atoms with Crippen molar-refractivity contribution in [3.05, 3.63) is 70.5 Å². The van der Waals surface area contributed by atoms with Crippen LogP contribution in [0, 0.1) is 0 Å². The average molecular weight is 431 g/mol. The van der Waals surface area contributed by atoms with E-state index in [1.165, 1.54) is 0 Å². The van der Waals surface area contributed by atoms with Crippen LogP contribution in [0.4, 0.5) is 0 Å². The summed E-state index contributed by atoms with van der Waals surface area (Å²) in [6.45, 7) is 3.09. The average Bonchev–Trinajstić information content (AvgIpc) is 3.14. The van der Waals surface area contributed by atoms with Crippen LogP contribution in [0.3, 0.4) is 0 Å². The molecule has 0 aliphatic rings. The molecule has 0 aliphatic carbocycles. The monoisotopic (exact) mass is 430 g/mol. The summed E-state index contributed by atoms with van der Waals surface area (Å²) < 4.78 is 7.14. The molecule has 1 heterocycles. The first-order valence-electron chi connectivity index (χ1n) is 9.28. The van der Waals surface area contributed by atoms with Crippen molar-refractivity contribution in [3.8, 4) is 5.75 Å². The summed E-state index contributed by atoms with van der Waals surface area (Å²) in [5.41, 5.74) is 1.98. The lowest BCUT2D eigenvalue weighted by Crippen LogP contribution is -2.26. The van der Waals surface area contributed by atoms with Gasteiger partial charge >= 0.3 is 0 Å². The second kappa shape index (κ2) is 10.3. The van der Waals surface area contributed by atoms with E-state index in [1.807, 2.05) is 60.0 Å². The minimum atomic E-state index is -0.0638. The molecular weight excluding hydrogens is 408 g/mol. The largest absolute Gasteiger partial charge is 0.497 e. The number of hydrogen-bond acceptors (Lipinski definition) is 5. The predicted molar refractivity (Wildman–Crippen MR) is 115 cm³/mol. The lowest BCUT2D eigenvalue weighted by atomic mass is 10.1. The van der Waals surface area contributed by atoms with Crippen molar-refractivity contribution in [1.82, 2.24) is 20.1 Å². The van der Waals surface area contributed by atoms with Crippen molar-refractivity contribution in [2.24, 2.45) is 0 Å². The van der Waals surface area contributed by atoms with Gasteiger partial charge in [-0.3, -0.25) is 4.79 Å². The number of aromatic nitrogens is 3. The zero-order chi connectivity index (χ0) is 20.6. The van der Waals surface area contributed by atoms with Crippen molar-refractivity contribution in [3.63, 3.8) is 0 Å². The van der Waals surface area contributed by atoms with Crippen molar-refractivity contribution in [1.29, 1.82) is 0 Å². The number of nitrogens with zero attached hydrogens (tertiary/aromatic N) is 3. The molecule has 8 heteroatoms. The van der Waals surface area contributed by atoms with Crippen LogP contribution < -0.4 is 10.1 Å². The van der Waals surface area contributed by atoms with Crippen LogP contribution in [-0.4, -0.2) is 27.8 Å². The molecule has 1 N–H and O–H groups in total. The Hall–Kier alpha value is -2.51. The summed E-state index contributed by atoms with van der Waals surface area (Å²) >= 11 is 7.81. The molecule has 1 aromatic heterocycles. The normalized spacial score (nSPS) is 10.7. The molecular formula is C21H23ClN4O2S. The summed E-state index contributed by atoms with van der Waals surface area (Å²) in [7, 11) is 1.62. The maximum absolute atomic E-state index is 12.3. The summed E-state index contributed by atoms with van der Waals surface area (Å²) in [6.07, 6.45) is 0.304. The minimum Gasteiger partial charge on any atom is -0.497 e. The molecule has 0 radical (unpaired) electrons. The first kappa shape index (κ1) is 21.2. The number of hydrogen-bond donors (Lipinski definition) is 1. The maximum atomic E-state index is 12.3. The van der Waals surface area contributed by atoms with E-state index in [0.717, 1.165) is 39.4 Å². The minimum absolute atomic E-state index is 0.0638. The summed E-state index contributed by atoms with van der Waals surface area (Å²) in [4.78, 5) is 12.3. The van der Waals surface area contributed by atoms with Crippen LogP contribution in [0.15, 0.2) is 53.7 Å². The Labute approximate surface area is 179 Å². The van der Waals surface area contributed by atoms with Crippen LogP contribution in [0.5, 0.6) is 5.75 Å². The zero-order valence-corrected chi connectivity index (χ0v) is 18.0. The number of nitrogens with one attached hydrogen (secondary N) is 1. The highest BCUT2D eigenvalue weighted by atomic mass is 35.5. The SMILES string of the molecule is CCn1c(CNC(=O)Cc2ccc(OC)cc2)nnc1SCc1ccccc1Cl. The third kappa shape index (κ3) is 5.74. The highest BCUT2D eigenvalue weighted by molar-refractivity contribution is 7.98. The Kier molecular flexibility index (Phi) is 7.55. The molecule has 0 bridgehead atoms. The Morgan fingerprint density at radius 3 is 2.62 bits per heavy atom. The standard InChI is InChI=1S/C21H23ClN4O2S/c1-3-26-19(13-23-20(27)12-15-8-10-17(28-2)11-9-15)24-25-21(26)29-14-16-6-4-5-7-18(16)22/h4-11H,3,12-14H2,1-2H3,(H,23,27). The fourth-order valence-corrected chi connectivity index (χ4v) is 4.11. The molecule has 0 saturated heterocycles. The second-order valence-electron chi connectivity index (χ2n) is 6.32. The highest BCUT2D eigenvalue weighted by Gasteiger charge is 2.13. The van der Waals surface area contributed by atoms with Gasteiger partial charge in [0.2, 0.25) is 5.91 Å². The van der Waals surface area contributed by atoms with Crippen molar-refractivity contribution >= 4 is 29.3 Å². The van der Waals surface area contributed by atoms with Gasteiger partial charge in [-0.25, -0.2) is 0 Å². The van der Waals surface area contributed by atoms with Crippen molar-refractivity contribution in [2.45, 2.75) is 37.3 Å². The molecule has 0 fully saturated rings. The first-order chi connectivity index (χ1) is 14.1. The number of thioether (sulfide) groups is 1. The van der Waals surface area contributed by atoms with Crippen LogP contribution in [-0.2, 0) is 30.1 Å². The van der Waals surface area contributed by atoms with E-state index in [1.54, 1.807) is 18.9 Å². The zero-order valence-electron chi connectivity index (χ0n) is 16.4. The molecule has 29 heavy (non-hydrogen) atoms. The van der Waals surface area contributed by atoms with Gasteiger partial charge in [0.1, 0.15) is 5.75 Å². The molecule has 1 amide bonds. The van der Waals surface area contributed by atoms with E-state index in [0.29, 0.717) is 18.7 Å². The Balaban J connectivity index is 1.56. The number of carbonyl (C=O) groups is 1. The summed E-state index contributed by atoms with van der Waals surface area (Å²) in [5.74, 6) is 2.15. The smallest absolute Gasteiger partial charge is 0.224 e. The molecule has 3 aromatic rings. The molecule has 3 rings (SSSR count). The molecule has 6 nitrogen and oxygen atoms in total. The third-order valence-electron chi connectivity index (χ3n) is 4.39. The number of benzene rings is 2. The van der Waals surface area contributed by atoms with Gasteiger partial charge in [0, 0.05) is 17.3 Å². The van der Waals surface area contributed by atoms with Gasteiger partial charge in [-0.1, -0.05) is 53.7 Å². The van der Waals surface area contributed by atoms with Gasteiger partial charge in [-0.05, 0) is 36.2 Å². The molecule has 0 aliphatic heterocycles. The number of amides is 1. The highest BCUT2D eigenvalue weighted by Crippen LogP contribution is 2.26. The van der Waals surface area contributed by atoms with Gasteiger partial charge in [0.05, 0.1) is 20.1 Å². The van der Waals surface area contributed by atoms with E-state index in [2.05, 4.69) is 15.5 Å². The van der Waals surface area contributed by atoms with Gasteiger partial charge in [-0.2, -0.15) is 0 Å². The Morgan fingerprint density at radius 2 is 1.93 bits per heavy atom. The van der Waals surface area contributed by atoms with E-state index < -0.39 is 0 Å². The Morgan fingerprint density at radius 1 is 1.17 bits per heavy atom. The summed E-state index contributed by atoms with van der Waals surface area (Å²) in [6, 6.07) is 15.2. The van der Waals surface area contributed by atoms with E-state index in [9.17, 15) is 4.79 Å². The lowest BCUT2D eigenvalue weighted by molar-refractivity contribution is -0.120. The van der Waals surface area contributed by atoms with Gasteiger partial charge in [0.15, 0.2) is 11.0 Å². The topological polar surface area (TPSA) is 69.0 Å². The third-order valence-corrected chi connectivity index (χ3v) is 5.78. The number of halogens is 1. The maximum Gasteiger partial charge on any atom is 0.224 e. The fraction of sp³-hybridized carbons (Fsp3) is 0.286. The predicted octanol–water partition coefficient (Wildman–Crippen LogP) is 4.11. The van der Waals surface area contributed by atoms with E-state index >= 15 is 0 Å². The number of ether oxygens (including phenoxy) is 1. The van der Waals surface area contributed by atoms with E-state index in [-0.39, 0.29) is 5.91 Å². The molecule has 0 atom stereocenters. The fourth-order valence-electron chi connectivity index (χ4n) is 2.80. The lowest BCUT2D eigenvalue weighted by Gasteiger charge is -2.09. The van der Waals surface area contributed by atoms with Crippen molar-refractivity contribution < 1.29 is 9.53 Å². The summed E-state index contributed by atoms with van der Waals surface area (Å²) in [5, 5.41) is 13.0. The van der Waals surface area contributed by atoms with Gasteiger partial charge in [0.25, 0.3) is 0 Å². The molecule has 152 valence electrons. The van der Waals surface area contributed by atoms with Crippen LogP contribution >= 0.6 is 23.4 Å². The molecule has 0 spiro atoms. The second-order valence-corrected chi connectivity index (χ2v) is 7.67. The number of rotatable bonds is 9. The molecule has 2 aromatic carbocycles. The van der Waals surface area contributed by atoms with Crippen LogP contribution in [0.1, 0.15) is 23.9 Å². The van der Waals surface area contributed by atoms with Gasteiger partial charge < -0.3 is 14.6 Å². The van der Waals surface area contributed by atoms with Crippen molar-refractivity contribution in [2.75, 3.05) is 7.11 Å². The van der Waals surface area contributed by atoms with Gasteiger partial charge in [-0.15, -0.1) is 10.2 Å². The number of carbonyl (C=O) groups excluding carboxylic acids is 1. The first-order valence-corrected chi connectivity index (χ1v) is 10.6. The molecule has 0 unspecified atom stereocenters. The van der Waals surface area contributed by atoms with E-state index in [4.69, 9.17) is 16.3 Å². The van der Waals surface area contributed by atoms with Crippen LogP contribution in [0.2, 0.25) is 5.02 Å². The number of methoxy groups -OCH3 is 1. The Bertz CT molecular complexity index is 960. The van der Waals surface area contributed by atoms with Crippen LogP contribution in [0.25, 0.3) is 0 Å². The quantitative estimate of drug-likeness (QED) is 0.517.